The second kappa shape index (κ2) is 10.1. The van der Waals surface area contributed by atoms with Crippen molar-refractivity contribution in [2.75, 3.05) is 6.54 Å². The Hall–Kier alpha value is -2.50. The van der Waals surface area contributed by atoms with E-state index in [9.17, 15) is 23.9 Å². The summed E-state index contributed by atoms with van der Waals surface area (Å²) in [6.45, 7) is 5.41. The zero-order valence-electron chi connectivity index (χ0n) is 20.5. The van der Waals surface area contributed by atoms with Crippen molar-refractivity contribution in [3.63, 3.8) is 0 Å². The fourth-order valence-corrected chi connectivity index (χ4v) is 5.26. The molecule has 2 heterocycles. The third-order valence-corrected chi connectivity index (χ3v) is 7.85. The summed E-state index contributed by atoms with van der Waals surface area (Å²) < 4.78 is 13.2. The van der Waals surface area contributed by atoms with Crippen molar-refractivity contribution >= 4 is 41.7 Å². The molecule has 11 heteroatoms. The highest BCUT2D eigenvalue weighted by molar-refractivity contribution is 7.81. The number of aryl methyl sites for hydroxylation is 1. The molecule has 1 aromatic carbocycles. The number of β-amino-alcohol motifs (C(OH)–C–C–N with tert-alkyl or cyclic N) is 1. The summed E-state index contributed by atoms with van der Waals surface area (Å²) in [6.07, 6.45) is -0.584. The van der Waals surface area contributed by atoms with Crippen LogP contribution in [-0.4, -0.2) is 67.9 Å². The van der Waals surface area contributed by atoms with E-state index in [2.05, 4.69) is 28.2 Å². The van der Waals surface area contributed by atoms with Gasteiger partial charge < -0.3 is 20.6 Å². The predicted octanol–water partition coefficient (Wildman–Crippen LogP) is 2.39. The van der Waals surface area contributed by atoms with Gasteiger partial charge in [-0.25, -0.2) is 9.37 Å². The average Bonchev–Trinajstić information content (AvgIpc) is 3.23. The number of nitrogens with one attached hydrogen (secondary N) is 2. The fourth-order valence-electron chi connectivity index (χ4n) is 4.27. The van der Waals surface area contributed by atoms with Crippen molar-refractivity contribution in [1.29, 1.82) is 0 Å². The Labute approximate surface area is 219 Å². The van der Waals surface area contributed by atoms with Gasteiger partial charge >= 0.3 is 0 Å². The molecule has 194 valence electrons. The summed E-state index contributed by atoms with van der Waals surface area (Å²) in [7, 11) is 0. The van der Waals surface area contributed by atoms with Crippen molar-refractivity contribution in [1.82, 2.24) is 20.5 Å². The molecule has 1 saturated heterocycles. The highest BCUT2D eigenvalue weighted by Gasteiger charge is 2.53. The number of carbonyl (C=O) groups excluding carboxylic acids is 3. The molecule has 3 N–H and O–H groups in total. The normalized spacial score (nSPS) is 21.7. The number of aliphatic hydroxyl groups is 1. The molecule has 2 aromatic rings. The van der Waals surface area contributed by atoms with Crippen LogP contribution in [0.25, 0.3) is 10.4 Å². The van der Waals surface area contributed by atoms with Crippen LogP contribution in [0.3, 0.4) is 0 Å². The van der Waals surface area contributed by atoms with Crippen LogP contribution in [0, 0.1) is 6.92 Å². The van der Waals surface area contributed by atoms with Gasteiger partial charge in [0.2, 0.25) is 11.8 Å². The number of benzene rings is 1. The van der Waals surface area contributed by atoms with Crippen molar-refractivity contribution in [2.24, 2.45) is 0 Å². The lowest BCUT2D eigenvalue weighted by molar-refractivity contribution is -0.143. The molecule has 1 saturated carbocycles. The van der Waals surface area contributed by atoms with Crippen LogP contribution in [0.15, 0.2) is 29.8 Å². The molecule has 0 bridgehead atoms. The number of hydrogen-bond acceptors (Lipinski definition) is 7. The van der Waals surface area contributed by atoms with Gasteiger partial charge in [-0.15, -0.1) is 11.3 Å². The molecule has 1 aliphatic carbocycles. The molecule has 1 unspecified atom stereocenters. The van der Waals surface area contributed by atoms with Crippen LogP contribution in [0.5, 0.6) is 0 Å². The van der Waals surface area contributed by atoms with E-state index in [0.29, 0.717) is 0 Å². The van der Waals surface area contributed by atoms with Crippen molar-refractivity contribution in [3.05, 3.63) is 41.0 Å². The summed E-state index contributed by atoms with van der Waals surface area (Å²) in [6, 6.07) is 5.70. The maximum absolute atomic E-state index is 14.3. The monoisotopic (exact) mass is 534 g/mol. The molecule has 8 nitrogen and oxygen atoms in total. The number of likely N-dealkylation sites (tertiary alicyclic amines) is 1. The Balaban J connectivity index is 1.42. The van der Waals surface area contributed by atoms with E-state index in [-0.39, 0.29) is 32.4 Å². The molecule has 1 aliphatic heterocycles. The van der Waals surface area contributed by atoms with Gasteiger partial charge in [-0.05, 0) is 44.7 Å². The van der Waals surface area contributed by atoms with E-state index in [4.69, 9.17) is 0 Å². The van der Waals surface area contributed by atoms with E-state index < -0.39 is 46.3 Å². The molecule has 0 radical (unpaired) electrons. The van der Waals surface area contributed by atoms with Gasteiger partial charge in [0.05, 0.1) is 22.2 Å². The molecular weight excluding hydrogens is 503 g/mol. The zero-order valence-corrected chi connectivity index (χ0v) is 22.2. The van der Waals surface area contributed by atoms with E-state index in [1.807, 2.05) is 31.2 Å². The number of halogens is 1. The Morgan fingerprint density at radius 3 is 2.53 bits per heavy atom. The van der Waals surface area contributed by atoms with Crippen LogP contribution in [0.2, 0.25) is 0 Å². The highest BCUT2D eigenvalue weighted by Crippen LogP contribution is 2.40. The van der Waals surface area contributed by atoms with Gasteiger partial charge in [-0.2, -0.15) is 12.6 Å². The average molecular weight is 535 g/mol. The van der Waals surface area contributed by atoms with E-state index in [1.165, 1.54) is 4.90 Å². The first kappa shape index (κ1) is 26.6. The van der Waals surface area contributed by atoms with E-state index >= 15 is 0 Å². The number of amides is 3. The Kier molecular flexibility index (Phi) is 7.45. The smallest absolute Gasteiger partial charge is 0.258 e. The lowest BCUT2D eigenvalue weighted by Crippen LogP contribution is -2.60. The quantitative estimate of drug-likeness (QED) is 0.389. The molecule has 0 spiro atoms. The van der Waals surface area contributed by atoms with Crippen LogP contribution in [-0.2, 0) is 20.9 Å². The summed E-state index contributed by atoms with van der Waals surface area (Å²) >= 11 is 6.02. The third-order valence-electron chi connectivity index (χ3n) is 6.62. The second-order valence-electron chi connectivity index (χ2n) is 10.1. The minimum atomic E-state index is -1.95. The molecule has 2 aliphatic rings. The molecule has 1 aromatic heterocycles. The Bertz CT molecular complexity index is 1140. The number of thiazole rings is 1. The lowest BCUT2D eigenvalue weighted by Gasteiger charge is -2.35. The SMILES string of the molecule is Cc1ncsc1-c1ccc(CNC(=O)C2C[C@@H](O)CN2C(=O)[C@@H](NC(=O)C2(F)CC2)C(C)(C)S)cc1. The van der Waals surface area contributed by atoms with Crippen LogP contribution < -0.4 is 10.6 Å². The van der Waals surface area contributed by atoms with E-state index in [1.54, 1.807) is 30.7 Å². The minimum absolute atomic E-state index is 0.0587. The van der Waals surface area contributed by atoms with Gasteiger partial charge in [0, 0.05) is 24.3 Å². The third kappa shape index (κ3) is 5.73. The molecule has 3 atom stereocenters. The summed E-state index contributed by atoms with van der Waals surface area (Å²) in [5.74, 6) is -1.83. The first-order valence-electron chi connectivity index (χ1n) is 11.9. The maximum Gasteiger partial charge on any atom is 0.258 e. The van der Waals surface area contributed by atoms with Gasteiger partial charge in [0.25, 0.3) is 5.91 Å². The first-order chi connectivity index (χ1) is 16.9. The number of thiol groups is 1. The van der Waals surface area contributed by atoms with Gasteiger partial charge in [-0.1, -0.05) is 24.3 Å². The van der Waals surface area contributed by atoms with Gasteiger partial charge in [-0.3, -0.25) is 14.4 Å². The predicted molar refractivity (Wildman–Crippen MR) is 138 cm³/mol. The lowest BCUT2D eigenvalue weighted by atomic mass is 10.0. The van der Waals surface area contributed by atoms with Crippen molar-refractivity contribution in [2.45, 2.75) is 75.2 Å². The van der Waals surface area contributed by atoms with Crippen LogP contribution in [0.4, 0.5) is 4.39 Å². The minimum Gasteiger partial charge on any atom is -0.391 e. The maximum atomic E-state index is 14.3. The Morgan fingerprint density at radius 1 is 1.31 bits per heavy atom. The van der Waals surface area contributed by atoms with Crippen LogP contribution in [0.1, 0.15) is 44.4 Å². The topological polar surface area (TPSA) is 112 Å². The zero-order chi connectivity index (χ0) is 26.3. The van der Waals surface area contributed by atoms with Crippen molar-refractivity contribution in [3.8, 4) is 10.4 Å². The summed E-state index contributed by atoms with van der Waals surface area (Å²) in [5.41, 5.74) is 2.74. The number of nitrogens with zero attached hydrogens (tertiary/aromatic N) is 2. The number of aliphatic hydroxyl groups excluding tert-OH is 1. The molecule has 2 fully saturated rings. The van der Waals surface area contributed by atoms with Crippen LogP contribution >= 0.6 is 24.0 Å². The molecule has 3 amide bonds. The molecule has 36 heavy (non-hydrogen) atoms. The number of carbonyl (C=O) groups is 3. The largest absolute Gasteiger partial charge is 0.391 e. The van der Waals surface area contributed by atoms with E-state index in [0.717, 1.165) is 21.7 Å². The number of hydrogen-bond donors (Lipinski definition) is 4. The Morgan fingerprint density at radius 2 is 1.97 bits per heavy atom. The summed E-state index contributed by atoms with van der Waals surface area (Å²) in [5, 5.41) is 15.6. The standard InChI is InChI=1S/C25H31FN4O4S2/c1-14-19(36-13-28-14)16-6-4-15(5-7-16)11-27-21(32)18-10-17(31)12-30(18)22(33)20(24(2,3)35)29-23(34)25(26)8-9-25/h4-7,13,17-18,20,31,35H,8-12H2,1-3H3,(H,27,32)(H,29,34)/t17-,18?,20-/m1/s1. The number of aromatic nitrogens is 1. The van der Waals surface area contributed by atoms with Gasteiger partial charge in [0.1, 0.15) is 12.1 Å². The summed E-state index contributed by atoms with van der Waals surface area (Å²) in [4.78, 5) is 45.4. The van der Waals surface area contributed by atoms with Gasteiger partial charge in [0.15, 0.2) is 5.67 Å². The number of rotatable bonds is 8. The molecule has 4 rings (SSSR count). The second-order valence-corrected chi connectivity index (χ2v) is 12.1. The first-order valence-corrected chi connectivity index (χ1v) is 13.2. The number of alkyl halides is 1. The highest BCUT2D eigenvalue weighted by atomic mass is 32.1. The fraction of sp³-hybridized carbons (Fsp3) is 0.520. The van der Waals surface area contributed by atoms with Crippen molar-refractivity contribution < 1.29 is 23.9 Å². The molecular formula is C25H31FN4O4S2.